The molecule has 2 aliphatic heterocycles. The van der Waals surface area contributed by atoms with Crippen LogP contribution in [0.25, 0.3) is 0 Å². The molecule has 3 heterocycles. The molecule has 5 unspecified atom stereocenters. The number of hydrogen-bond donors (Lipinski definition) is 3. The SMILES string of the molecule is CNCc1cn(CC2OC(CC(=O)N3CCCC3COC)C(O)C2O)nn1. The van der Waals surface area contributed by atoms with E-state index in [2.05, 4.69) is 15.6 Å². The van der Waals surface area contributed by atoms with Gasteiger partial charge in [-0.15, -0.1) is 5.10 Å². The Morgan fingerprint density at radius 2 is 2.19 bits per heavy atom. The first kappa shape index (κ1) is 20.2. The molecule has 1 aromatic rings. The van der Waals surface area contributed by atoms with Gasteiger partial charge in [-0.3, -0.25) is 4.79 Å². The van der Waals surface area contributed by atoms with Gasteiger partial charge in [0.2, 0.25) is 5.91 Å². The Bertz CT molecular complexity index is 627. The Hall–Kier alpha value is -1.59. The largest absolute Gasteiger partial charge is 0.388 e. The van der Waals surface area contributed by atoms with Crippen LogP contribution in [0.1, 0.15) is 25.0 Å². The fourth-order valence-electron chi connectivity index (χ4n) is 3.84. The normalized spacial score (nSPS) is 31.0. The van der Waals surface area contributed by atoms with E-state index in [0.29, 0.717) is 19.7 Å². The molecule has 27 heavy (non-hydrogen) atoms. The molecular weight excluding hydrogens is 354 g/mol. The summed E-state index contributed by atoms with van der Waals surface area (Å²) in [6.45, 7) is 2.04. The van der Waals surface area contributed by atoms with E-state index in [9.17, 15) is 15.0 Å². The van der Waals surface area contributed by atoms with Crippen molar-refractivity contribution in [3.8, 4) is 0 Å². The van der Waals surface area contributed by atoms with Crippen molar-refractivity contribution in [2.45, 2.75) is 62.8 Å². The predicted octanol–water partition coefficient (Wildman–Crippen LogP) is -1.49. The molecule has 1 aromatic heterocycles. The maximum Gasteiger partial charge on any atom is 0.225 e. The first-order chi connectivity index (χ1) is 13.0. The quantitative estimate of drug-likeness (QED) is 0.497. The van der Waals surface area contributed by atoms with E-state index >= 15 is 0 Å². The Labute approximate surface area is 158 Å². The molecule has 0 aromatic carbocycles. The van der Waals surface area contributed by atoms with Crippen LogP contribution in [0.15, 0.2) is 6.20 Å². The topological polar surface area (TPSA) is 122 Å². The van der Waals surface area contributed by atoms with Gasteiger partial charge >= 0.3 is 0 Å². The van der Waals surface area contributed by atoms with Gasteiger partial charge in [0.1, 0.15) is 18.3 Å². The Kier molecular flexibility index (Phi) is 6.77. The smallest absolute Gasteiger partial charge is 0.225 e. The molecule has 10 heteroatoms. The summed E-state index contributed by atoms with van der Waals surface area (Å²) in [5.74, 6) is -0.0801. The molecule has 0 spiro atoms. The molecule has 152 valence electrons. The van der Waals surface area contributed by atoms with Gasteiger partial charge in [0.05, 0.1) is 37.4 Å². The lowest BCUT2D eigenvalue weighted by atomic mass is 10.0. The average Bonchev–Trinajstić information content (AvgIpc) is 3.34. The van der Waals surface area contributed by atoms with Crippen molar-refractivity contribution in [2.24, 2.45) is 0 Å². The molecule has 10 nitrogen and oxygen atoms in total. The number of methoxy groups -OCH3 is 1. The molecule has 2 saturated heterocycles. The number of carbonyl (C=O) groups is 1. The van der Waals surface area contributed by atoms with Gasteiger partial charge in [0, 0.05) is 26.4 Å². The zero-order valence-electron chi connectivity index (χ0n) is 15.8. The standard InChI is InChI=1S/C17H29N5O5/c1-18-7-11-8-21(20-19-11)9-14-17(25)16(24)13(27-14)6-15(23)22-5-3-4-12(22)10-26-2/h8,12-14,16-18,24-25H,3-7,9-10H2,1-2H3. The molecule has 0 radical (unpaired) electrons. The van der Waals surface area contributed by atoms with Crippen LogP contribution < -0.4 is 5.32 Å². The van der Waals surface area contributed by atoms with Crippen LogP contribution in [-0.2, 0) is 27.4 Å². The van der Waals surface area contributed by atoms with Gasteiger partial charge < -0.3 is 29.9 Å². The van der Waals surface area contributed by atoms with Crippen LogP contribution in [0, 0.1) is 0 Å². The molecule has 2 aliphatic rings. The van der Waals surface area contributed by atoms with Gasteiger partial charge in [-0.1, -0.05) is 5.21 Å². The number of aliphatic hydroxyl groups is 2. The summed E-state index contributed by atoms with van der Waals surface area (Å²) in [5, 5.41) is 31.7. The van der Waals surface area contributed by atoms with E-state index in [1.165, 1.54) is 0 Å². The summed E-state index contributed by atoms with van der Waals surface area (Å²) >= 11 is 0. The first-order valence-electron chi connectivity index (χ1n) is 9.37. The van der Waals surface area contributed by atoms with Crippen molar-refractivity contribution in [1.82, 2.24) is 25.2 Å². The predicted molar refractivity (Wildman–Crippen MR) is 94.7 cm³/mol. The second kappa shape index (κ2) is 9.07. The highest BCUT2D eigenvalue weighted by atomic mass is 16.5. The van der Waals surface area contributed by atoms with Gasteiger partial charge in [-0.25, -0.2) is 4.68 Å². The third-order valence-corrected chi connectivity index (χ3v) is 5.20. The molecule has 0 aliphatic carbocycles. The van der Waals surface area contributed by atoms with Crippen molar-refractivity contribution < 1.29 is 24.5 Å². The Balaban J connectivity index is 1.56. The average molecular weight is 383 g/mol. The van der Waals surface area contributed by atoms with Crippen molar-refractivity contribution in [2.75, 3.05) is 27.3 Å². The lowest BCUT2D eigenvalue weighted by Gasteiger charge is -2.26. The number of likely N-dealkylation sites (tertiary alicyclic amines) is 1. The highest BCUT2D eigenvalue weighted by Gasteiger charge is 2.44. The third kappa shape index (κ3) is 4.64. The highest BCUT2D eigenvalue weighted by Crippen LogP contribution is 2.27. The van der Waals surface area contributed by atoms with E-state index in [1.807, 2.05) is 7.05 Å². The fourth-order valence-corrected chi connectivity index (χ4v) is 3.84. The molecule has 5 atom stereocenters. The summed E-state index contributed by atoms with van der Waals surface area (Å²) < 4.78 is 12.6. The van der Waals surface area contributed by atoms with E-state index in [4.69, 9.17) is 9.47 Å². The molecule has 0 saturated carbocycles. The Morgan fingerprint density at radius 3 is 2.93 bits per heavy atom. The maximum atomic E-state index is 12.6. The number of carbonyl (C=O) groups excluding carboxylic acids is 1. The number of nitrogens with zero attached hydrogens (tertiary/aromatic N) is 4. The summed E-state index contributed by atoms with van der Waals surface area (Å²) in [5.41, 5.74) is 0.774. The molecule has 3 N–H and O–H groups in total. The van der Waals surface area contributed by atoms with E-state index in [1.54, 1.807) is 22.9 Å². The van der Waals surface area contributed by atoms with Crippen molar-refractivity contribution in [1.29, 1.82) is 0 Å². The van der Waals surface area contributed by atoms with Gasteiger partial charge in [0.25, 0.3) is 0 Å². The zero-order valence-corrected chi connectivity index (χ0v) is 15.8. The molecule has 3 rings (SSSR count). The molecule has 1 amide bonds. The van der Waals surface area contributed by atoms with Crippen molar-refractivity contribution in [3.05, 3.63) is 11.9 Å². The van der Waals surface area contributed by atoms with E-state index < -0.39 is 24.4 Å². The first-order valence-corrected chi connectivity index (χ1v) is 9.37. The zero-order chi connectivity index (χ0) is 19.4. The number of rotatable bonds is 8. The maximum absolute atomic E-state index is 12.6. The molecular formula is C17H29N5O5. The van der Waals surface area contributed by atoms with Crippen molar-refractivity contribution in [3.63, 3.8) is 0 Å². The van der Waals surface area contributed by atoms with Crippen LogP contribution in [-0.4, -0.2) is 93.8 Å². The lowest BCUT2D eigenvalue weighted by Crippen LogP contribution is -2.41. The summed E-state index contributed by atoms with van der Waals surface area (Å²) in [7, 11) is 3.44. The van der Waals surface area contributed by atoms with Gasteiger partial charge in [-0.05, 0) is 19.9 Å². The number of amides is 1. The van der Waals surface area contributed by atoms with E-state index in [-0.39, 0.29) is 24.9 Å². The lowest BCUT2D eigenvalue weighted by molar-refractivity contribution is -0.137. The van der Waals surface area contributed by atoms with Crippen molar-refractivity contribution >= 4 is 5.91 Å². The van der Waals surface area contributed by atoms with Crippen LogP contribution >= 0.6 is 0 Å². The highest BCUT2D eigenvalue weighted by molar-refractivity contribution is 5.77. The second-order valence-corrected chi connectivity index (χ2v) is 7.20. The van der Waals surface area contributed by atoms with Gasteiger partial charge in [0.15, 0.2) is 0 Å². The number of aromatic nitrogens is 3. The van der Waals surface area contributed by atoms with E-state index in [0.717, 1.165) is 18.5 Å². The number of nitrogens with one attached hydrogen (secondary N) is 1. The van der Waals surface area contributed by atoms with Crippen LogP contribution in [0.5, 0.6) is 0 Å². The monoisotopic (exact) mass is 383 g/mol. The van der Waals surface area contributed by atoms with Crippen LogP contribution in [0.4, 0.5) is 0 Å². The minimum absolute atomic E-state index is 0.0390. The Morgan fingerprint density at radius 1 is 1.41 bits per heavy atom. The number of aliphatic hydroxyl groups excluding tert-OH is 2. The summed E-state index contributed by atoms with van der Waals surface area (Å²) in [6, 6.07) is 0.0718. The van der Waals surface area contributed by atoms with Crippen LogP contribution in [0.2, 0.25) is 0 Å². The summed E-state index contributed by atoms with van der Waals surface area (Å²) in [4.78, 5) is 14.4. The minimum atomic E-state index is -1.11. The third-order valence-electron chi connectivity index (χ3n) is 5.20. The molecule has 2 fully saturated rings. The number of hydrogen-bond acceptors (Lipinski definition) is 8. The minimum Gasteiger partial charge on any atom is -0.388 e. The number of ether oxygens (including phenoxy) is 2. The summed E-state index contributed by atoms with van der Waals surface area (Å²) in [6.07, 6.45) is 0.0992. The fraction of sp³-hybridized carbons (Fsp3) is 0.824. The van der Waals surface area contributed by atoms with Gasteiger partial charge in [-0.2, -0.15) is 0 Å². The molecule has 0 bridgehead atoms. The second-order valence-electron chi connectivity index (χ2n) is 7.20. The van der Waals surface area contributed by atoms with Crippen LogP contribution in [0.3, 0.4) is 0 Å².